The normalized spacial score (nSPS) is 12.6. The van der Waals surface area contributed by atoms with E-state index < -0.39 is 41.2 Å². The predicted molar refractivity (Wildman–Crippen MR) is 75.4 cm³/mol. The van der Waals surface area contributed by atoms with E-state index in [1.165, 1.54) is 0 Å². The average molecular weight is 333 g/mol. The van der Waals surface area contributed by atoms with Gasteiger partial charge in [-0.2, -0.15) is 0 Å². The number of carboxylic acid groups (broad SMARTS) is 1. The van der Waals surface area contributed by atoms with Crippen LogP contribution in [-0.2, 0) is 16.0 Å². The maximum absolute atomic E-state index is 13.5. The second-order valence-electron chi connectivity index (χ2n) is 5.93. The predicted octanol–water partition coefficient (Wildman–Crippen LogP) is 3.01. The Morgan fingerprint density at radius 2 is 1.74 bits per heavy atom. The summed E-state index contributed by atoms with van der Waals surface area (Å²) in [5.41, 5.74) is -0.986. The van der Waals surface area contributed by atoms with Crippen molar-refractivity contribution in [1.82, 2.24) is 5.32 Å². The second kappa shape index (κ2) is 7.34. The lowest BCUT2D eigenvalue weighted by molar-refractivity contribution is -0.139. The number of benzene rings is 1. The van der Waals surface area contributed by atoms with E-state index in [2.05, 4.69) is 5.32 Å². The minimum atomic E-state index is -1.35. The lowest BCUT2D eigenvalue weighted by Gasteiger charge is -2.22. The Morgan fingerprint density at radius 1 is 1.17 bits per heavy atom. The summed E-state index contributed by atoms with van der Waals surface area (Å²) >= 11 is 0. The van der Waals surface area contributed by atoms with E-state index in [4.69, 9.17) is 9.84 Å². The van der Waals surface area contributed by atoms with Gasteiger partial charge in [-0.1, -0.05) is 0 Å². The fourth-order valence-electron chi connectivity index (χ4n) is 1.76. The molecule has 1 rings (SSSR count). The van der Waals surface area contributed by atoms with Gasteiger partial charge in [-0.15, -0.1) is 0 Å². The van der Waals surface area contributed by atoms with E-state index in [1.54, 1.807) is 20.8 Å². The minimum Gasteiger partial charge on any atom is -0.480 e. The molecule has 128 valence electrons. The van der Waals surface area contributed by atoms with E-state index >= 15 is 0 Å². The molecule has 0 aliphatic rings. The number of amides is 1. The number of hydrogen-bond acceptors (Lipinski definition) is 3. The van der Waals surface area contributed by atoms with Gasteiger partial charge >= 0.3 is 12.1 Å². The first kappa shape index (κ1) is 18.8. The number of carboxylic acids is 1. The summed E-state index contributed by atoms with van der Waals surface area (Å²) in [6.07, 6.45) is -1.34. The van der Waals surface area contributed by atoms with Crippen LogP contribution in [0.1, 0.15) is 32.8 Å². The van der Waals surface area contributed by atoms with Crippen LogP contribution in [0.5, 0.6) is 0 Å². The first-order chi connectivity index (χ1) is 10.5. The zero-order valence-corrected chi connectivity index (χ0v) is 13.0. The van der Waals surface area contributed by atoms with Crippen molar-refractivity contribution in [3.05, 3.63) is 35.1 Å². The Bertz CT molecular complexity index is 599. The highest BCUT2D eigenvalue weighted by atomic mass is 19.2. The number of nitrogens with one attached hydrogen (secondary N) is 1. The summed E-state index contributed by atoms with van der Waals surface area (Å²) in [4.78, 5) is 22.7. The molecule has 1 amide bonds. The number of rotatable bonds is 5. The van der Waals surface area contributed by atoms with Crippen LogP contribution in [0.2, 0.25) is 0 Å². The Hall–Kier alpha value is -2.25. The zero-order valence-electron chi connectivity index (χ0n) is 13.0. The number of aryl methyl sites for hydroxylation is 1. The molecule has 0 fully saturated rings. The van der Waals surface area contributed by atoms with Gasteiger partial charge in [0.05, 0.1) is 0 Å². The fraction of sp³-hybridized carbons (Fsp3) is 0.467. The van der Waals surface area contributed by atoms with Crippen LogP contribution in [0.15, 0.2) is 12.1 Å². The van der Waals surface area contributed by atoms with Gasteiger partial charge in [0.25, 0.3) is 0 Å². The molecule has 0 spiro atoms. The third-order valence-corrected chi connectivity index (χ3v) is 2.78. The quantitative estimate of drug-likeness (QED) is 0.812. The first-order valence-electron chi connectivity index (χ1n) is 6.85. The smallest absolute Gasteiger partial charge is 0.408 e. The Kier molecular flexibility index (Phi) is 6.00. The molecule has 0 unspecified atom stereocenters. The number of aliphatic carboxylic acids is 1. The Balaban J connectivity index is 2.73. The molecule has 0 aliphatic carbocycles. The van der Waals surface area contributed by atoms with Gasteiger partial charge in [0.2, 0.25) is 0 Å². The SMILES string of the molecule is CC(C)(C)OC(=O)N[C@H](CCc1cc(F)c(F)cc1F)C(=O)O. The molecule has 1 aromatic carbocycles. The van der Waals surface area contributed by atoms with Crippen LogP contribution < -0.4 is 5.32 Å². The zero-order chi connectivity index (χ0) is 17.8. The molecule has 2 N–H and O–H groups in total. The van der Waals surface area contributed by atoms with E-state index in [0.717, 1.165) is 0 Å². The first-order valence-corrected chi connectivity index (χ1v) is 6.85. The molecular formula is C15H18F3NO4. The molecule has 0 aliphatic heterocycles. The van der Waals surface area contributed by atoms with Crippen molar-refractivity contribution in [2.45, 2.75) is 45.3 Å². The van der Waals surface area contributed by atoms with Crippen molar-refractivity contribution >= 4 is 12.1 Å². The van der Waals surface area contributed by atoms with Crippen molar-refractivity contribution in [1.29, 1.82) is 0 Å². The second-order valence-corrected chi connectivity index (χ2v) is 5.93. The van der Waals surface area contributed by atoms with Gasteiger partial charge in [-0.3, -0.25) is 0 Å². The standard InChI is InChI=1S/C15H18F3NO4/c1-15(2,3)23-14(22)19-12(13(20)21)5-4-8-6-10(17)11(18)7-9(8)16/h6-7,12H,4-5H2,1-3H3,(H,19,22)(H,20,21)/t12-/m1/s1. The monoisotopic (exact) mass is 333 g/mol. The van der Waals surface area contributed by atoms with Gasteiger partial charge in [0.1, 0.15) is 17.5 Å². The largest absolute Gasteiger partial charge is 0.480 e. The topological polar surface area (TPSA) is 75.6 Å². The maximum Gasteiger partial charge on any atom is 0.408 e. The summed E-state index contributed by atoms with van der Waals surface area (Å²) in [7, 11) is 0. The van der Waals surface area contributed by atoms with Crippen LogP contribution in [-0.4, -0.2) is 28.8 Å². The fourth-order valence-corrected chi connectivity index (χ4v) is 1.76. The minimum absolute atomic E-state index is 0.180. The van der Waals surface area contributed by atoms with Crippen LogP contribution in [0, 0.1) is 17.5 Å². The molecule has 0 heterocycles. The number of ether oxygens (including phenoxy) is 1. The molecular weight excluding hydrogens is 315 g/mol. The van der Waals surface area contributed by atoms with Crippen molar-refractivity contribution in [2.24, 2.45) is 0 Å². The number of alkyl carbamates (subject to hydrolysis) is 1. The highest BCUT2D eigenvalue weighted by Gasteiger charge is 2.24. The molecule has 1 atom stereocenters. The van der Waals surface area contributed by atoms with Crippen molar-refractivity contribution in [3.8, 4) is 0 Å². The summed E-state index contributed by atoms with van der Waals surface area (Å²) in [5.74, 6) is -4.88. The molecule has 0 radical (unpaired) electrons. The van der Waals surface area contributed by atoms with Gasteiger partial charge in [0.15, 0.2) is 11.6 Å². The average Bonchev–Trinajstić information content (AvgIpc) is 2.37. The summed E-state index contributed by atoms with van der Waals surface area (Å²) in [5, 5.41) is 11.2. The van der Waals surface area contributed by atoms with Crippen molar-refractivity contribution in [3.63, 3.8) is 0 Å². The lowest BCUT2D eigenvalue weighted by Crippen LogP contribution is -2.43. The van der Waals surface area contributed by atoms with Gasteiger partial charge < -0.3 is 15.2 Å². The van der Waals surface area contributed by atoms with E-state index in [1.807, 2.05) is 0 Å². The maximum atomic E-state index is 13.5. The Morgan fingerprint density at radius 3 is 2.26 bits per heavy atom. The van der Waals surface area contributed by atoms with Crippen LogP contribution in [0.4, 0.5) is 18.0 Å². The number of halogens is 3. The summed E-state index contributed by atoms with van der Waals surface area (Å²) < 4.78 is 44.4. The molecule has 0 saturated heterocycles. The van der Waals surface area contributed by atoms with Crippen LogP contribution in [0.25, 0.3) is 0 Å². The van der Waals surface area contributed by atoms with Crippen molar-refractivity contribution in [2.75, 3.05) is 0 Å². The van der Waals surface area contributed by atoms with Gasteiger partial charge in [0, 0.05) is 6.07 Å². The number of hydrogen-bond donors (Lipinski definition) is 2. The number of carbonyl (C=O) groups excluding carboxylic acids is 1. The van der Waals surface area contributed by atoms with E-state index in [-0.39, 0.29) is 18.4 Å². The summed E-state index contributed by atoms with van der Waals surface area (Å²) in [6.45, 7) is 4.83. The molecule has 5 nitrogen and oxygen atoms in total. The number of carbonyl (C=O) groups is 2. The lowest BCUT2D eigenvalue weighted by atomic mass is 10.0. The highest BCUT2D eigenvalue weighted by Crippen LogP contribution is 2.16. The van der Waals surface area contributed by atoms with Crippen LogP contribution in [0.3, 0.4) is 0 Å². The molecule has 0 aromatic heterocycles. The summed E-state index contributed by atoms with van der Waals surface area (Å²) in [6, 6.07) is -0.295. The van der Waals surface area contributed by atoms with E-state index in [0.29, 0.717) is 12.1 Å². The van der Waals surface area contributed by atoms with Gasteiger partial charge in [-0.25, -0.2) is 22.8 Å². The van der Waals surface area contributed by atoms with Crippen molar-refractivity contribution < 1.29 is 32.6 Å². The van der Waals surface area contributed by atoms with Crippen LogP contribution >= 0.6 is 0 Å². The molecule has 0 bridgehead atoms. The third-order valence-electron chi connectivity index (χ3n) is 2.78. The molecule has 23 heavy (non-hydrogen) atoms. The van der Waals surface area contributed by atoms with E-state index in [9.17, 15) is 22.8 Å². The van der Waals surface area contributed by atoms with Gasteiger partial charge in [-0.05, 0) is 45.2 Å². The molecule has 0 saturated carbocycles. The highest BCUT2D eigenvalue weighted by molar-refractivity contribution is 5.80. The Labute approximate surface area is 131 Å². The third kappa shape index (κ3) is 6.17. The molecule has 8 heteroatoms. The molecule has 1 aromatic rings.